The summed E-state index contributed by atoms with van der Waals surface area (Å²) in [6.07, 6.45) is 0.142. The van der Waals surface area contributed by atoms with Crippen molar-refractivity contribution in [1.29, 1.82) is 0 Å². The Morgan fingerprint density at radius 2 is 1.93 bits per heavy atom. The summed E-state index contributed by atoms with van der Waals surface area (Å²) < 4.78 is 21.2. The van der Waals surface area contributed by atoms with Crippen LogP contribution in [0.3, 0.4) is 0 Å². The number of nitrogens with zero attached hydrogens (tertiary/aromatic N) is 1. The van der Waals surface area contributed by atoms with E-state index in [1.807, 2.05) is 18.2 Å². The van der Waals surface area contributed by atoms with Crippen LogP contribution in [0, 0.1) is 5.92 Å². The highest BCUT2D eigenvalue weighted by molar-refractivity contribution is 6.32. The molecule has 2 amide bonds. The molecule has 0 radical (unpaired) electrons. The van der Waals surface area contributed by atoms with Gasteiger partial charge in [0.2, 0.25) is 18.6 Å². The van der Waals surface area contributed by atoms with Gasteiger partial charge in [0.1, 0.15) is 11.5 Å². The lowest BCUT2D eigenvalue weighted by Crippen LogP contribution is -2.28. The fourth-order valence-corrected chi connectivity index (χ4v) is 3.78. The summed E-state index contributed by atoms with van der Waals surface area (Å²) in [5.74, 6) is 1.37. The van der Waals surface area contributed by atoms with Crippen LogP contribution in [0.4, 0.5) is 5.69 Å². The molecule has 1 N–H and O–H groups in total. The largest absolute Gasteiger partial charge is 0.495 e. The van der Waals surface area contributed by atoms with Crippen LogP contribution in [-0.4, -0.2) is 44.3 Å². The summed E-state index contributed by atoms with van der Waals surface area (Å²) in [6.45, 7) is 0.923. The Labute approximate surface area is 178 Å². The van der Waals surface area contributed by atoms with Crippen LogP contribution in [0.1, 0.15) is 12.0 Å². The van der Waals surface area contributed by atoms with E-state index in [4.69, 9.17) is 30.5 Å². The highest BCUT2D eigenvalue weighted by Gasteiger charge is 2.35. The number of nitrogens with one attached hydrogen (secondary N) is 1. The number of hydrogen-bond acceptors (Lipinski definition) is 6. The van der Waals surface area contributed by atoms with E-state index in [2.05, 4.69) is 5.32 Å². The molecule has 8 nitrogen and oxygen atoms in total. The molecular weight excluding hydrogens is 412 g/mol. The summed E-state index contributed by atoms with van der Waals surface area (Å²) in [4.78, 5) is 27.0. The first kappa shape index (κ1) is 20.2. The monoisotopic (exact) mass is 432 g/mol. The molecule has 0 saturated carbocycles. The van der Waals surface area contributed by atoms with Gasteiger partial charge in [0.25, 0.3) is 0 Å². The summed E-state index contributed by atoms with van der Waals surface area (Å²) in [5.41, 5.74) is 1.35. The standard InChI is InChI=1S/C21H21ClN2O6/c1-27-17-8-15(18(28-2)7-14(17)22)23-21(26)13-6-20(25)24(10-13)9-12-3-4-16-19(5-12)30-11-29-16/h3-5,7-8,13H,6,9-11H2,1-2H3,(H,23,26). The SMILES string of the molecule is COc1cc(NC(=O)C2CC(=O)N(Cc3ccc4c(c3)OCO4)C2)c(OC)cc1Cl. The second-order valence-electron chi connectivity index (χ2n) is 7.04. The number of fused-ring (bicyclic) bond motifs is 1. The first-order chi connectivity index (χ1) is 14.5. The zero-order valence-electron chi connectivity index (χ0n) is 16.6. The predicted molar refractivity (Wildman–Crippen MR) is 109 cm³/mol. The predicted octanol–water partition coefficient (Wildman–Crippen LogP) is 3.07. The van der Waals surface area contributed by atoms with Crippen molar-refractivity contribution in [2.45, 2.75) is 13.0 Å². The number of likely N-dealkylation sites (tertiary alicyclic amines) is 1. The normalized spacial score (nSPS) is 17.2. The topological polar surface area (TPSA) is 86.3 Å². The van der Waals surface area contributed by atoms with E-state index in [0.29, 0.717) is 46.8 Å². The first-order valence-electron chi connectivity index (χ1n) is 9.37. The second-order valence-corrected chi connectivity index (χ2v) is 7.45. The van der Waals surface area contributed by atoms with Crippen molar-refractivity contribution < 1.29 is 28.5 Å². The van der Waals surface area contributed by atoms with E-state index >= 15 is 0 Å². The summed E-state index contributed by atoms with van der Waals surface area (Å²) in [7, 11) is 2.98. The number of carbonyl (C=O) groups excluding carboxylic acids is 2. The van der Waals surface area contributed by atoms with E-state index in [0.717, 1.165) is 5.56 Å². The Balaban J connectivity index is 1.43. The lowest BCUT2D eigenvalue weighted by Gasteiger charge is -2.18. The molecule has 2 heterocycles. The maximum Gasteiger partial charge on any atom is 0.231 e. The maximum atomic E-state index is 12.8. The van der Waals surface area contributed by atoms with Gasteiger partial charge >= 0.3 is 0 Å². The van der Waals surface area contributed by atoms with Crippen LogP contribution in [0.15, 0.2) is 30.3 Å². The van der Waals surface area contributed by atoms with Crippen molar-refractivity contribution in [3.05, 3.63) is 40.9 Å². The zero-order chi connectivity index (χ0) is 21.3. The number of anilines is 1. The molecule has 0 bridgehead atoms. The van der Waals surface area contributed by atoms with Gasteiger partial charge < -0.3 is 29.2 Å². The van der Waals surface area contributed by atoms with Crippen molar-refractivity contribution in [2.24, 2.45) is 5.92 Å². The molecule has 2 aromatic carbocycles. The van der Waals surface area contributed by atoms with E-state index in [1.54, 1.807) is 17.0 Å². The molecule has 1 fully saturated rings. The van der Waals surface area contributed by atoms with Gasteiger partial charge in [-0.2, -0.15) is 0 Å². The van der Waals surface area contributed by atoms with Crippen molar-refractivity contribution in [1.82, 2.24) is 4.90 Å². The lowest BCUT2D eigenvalue weighted by atomic mass is 10.1. The lowest BCUT2D eigenvalue weighted by molar-refractivity contribution is -0.128. The Bertz CT molecular complexity index is 996. The van der Waals surface area contributed by atoms with Crippen LogP contribution in [0.2, 0.25) is 5.02 Å². The van der Waals surface area contributed by atoms with Gasteiger partial charge in [0, 0.05) is 31.6 Å². The summed E-state index contributed by atoms with van der Waals surface area (Å²) >= 11 is 6.11. The third-order valence-electron chi connectivity index (χ3n) is 5.13. The van der Waals surface area contributed by atoms with E-state index in [1.165, 1.54) is 14.2 Å². The Morgan fingerprint density at radius 1 is 1.17 bits per heavy atom. The Hall–Kier alpha value is -3.13. The number of carbonyl (C=O) groups is 2. The third-order valence-corrected chi connectivity index (χ3v) is 5.42. The van der Waals surface area contributed by atoms with Gasteiger partial charge in [0.05, 0.1) is 30.8 Å². The summed E-state index contributed by atoms with van der Waals surface area (Å²) in [6, 6.07) is 8.73. The number of amides is 2. The van der Waals surface area contributed by atoms with Gasteiger partial charge in [-0.05, 0) is 17.7 Å². The van der Waals surface area contributed by atoms with Gasteiger partial charge in [-0.25, -0.2) is 0 Å². The minimum atomic E-state index is -0.474. The van der Waals surface area contributed by atoms with Crippen molar-refractivity contribution in [2.75, 3.05) is 32.9 Å². The molecule has 2 aliphatic heterocycles. The minimum absolute atomic E-state index is 0.0755. The summed E-state index contributed by atoms with van der Waals surface area (Å²) in [5, 5.41) is 3.20. The number of halogens is 1. The van der Waals surface area contributed by atoms with Crippen molar-refractivity contribution in [3.63, 3.8) is 0 Å². The van der Waals surface area contributed by atoms with Crippen LogP contribution >= 0.6 is 11.6 Å². The molecule has 1 saturated heterocycles. The van der Waals surface area contributed by atoms with Crippen LogP contribution < -0.4 is 24.3 Å². The Kier molecular flexibility index (Phi) is 5.59. The zero-order valence-corrected chi connectivity index (χ0v) is 17.3. The molecule has 1 unspecified atom stereocenters. The molecule has 0 spiro atoms. The third kappa shape index (κ3) is 3.95. The van der Waals surface area contributed by atoms with Crippen LogP contribution in [-0.2, 0) is 16.1 Å². The molecular formula is C21H21ClN2O6. The van der Waals surface area contributed by atoms with Gasteiger partial charge in [-0.1, -0.05) is 17.7 Å². The number of benzene rings is 2. The molecule has 0 aromatic heterocycles. The number of ether oxygens (including phenoxy) is 4. The van der Waals surface area contributed by atoms with Crippen LogP contribution in [0.5, 0.6) is 23.0 Å². The molecule has 2 aliphatic rings. The average molecular weight is 433 g/mol. The quantitative estimate of drug-likeness (QED) is 0.755. The fourth-order valence-electron chi connectivity index (χ4n) is 3.55. The Morgan fingerprint density at radius 3 is 2.70 bits per heavy atom. The number of hydrogen-bond donors (Lipinski definition) is 1. The van der Waals surface area contributed by atoms with Gasteiger partial charge in [0.15, 0.2) is 11.5 Å². The molecule has 1 atom stereocenters. The minimum Gasteiger partial charge on any atom is -0.495 e. The second kappa shape index (κ2) is 8.31. The highest BCUT2D eigenvalue weighted by atomic mass is 35.5. The number of rotatable bonds is 6. The van der Waals surface area contributed by atoms with E-state index < -0.39 is 5.92 Å². The average Bonchev–Trinajstić information content (AvgIpc) is 3.35. The van der Waals surface area contributed by atoms with Gasteiger partial charge in [-0.15, -0.1) is 0 Å². The van der Waals surface area contributed by atoms with Crippen molar-refractivity contribution >= 4 is 29.1 Å². The molecule has 9 heteroatoms. The van der Waals surface area contributed by atoms with E-state index in [9.17, 15) is 9.59 Å². The first-order valence-corrected chi connectivity index (χ1v) is 9.75. The highest BCUT2D eigenvalue weighted by Crippen LogP contribution is 2.37. The molecule has 158 valence electrons. The smallest absolute Gasteiger partial charge is 0.231 e. The van der Waals surface area contributed by atoms with Crippen LogP contribution in [0.25, 0.3) is 0 Å². The van der Waals surface area contributed by atoms with Crippen molar-refractivity contribution in [3.8, 4) is 23.0 Å². The van der Waals surface area contributed by atoms with Gasteiger partial charge in [-0.3, -0.25) is 9.59 Å². The fraction of sp³-hybridized carbons (Fsp3) is 0.333. The molecule has 0 aliphatic carbocycles. The van der Waals surface area contributed by atoms with E-state index in [-0.39, 0.29) is 25.0 Å². The maximum absolute atomic E-state index is 12.8. The molecule has 30 heavy (non-hydrogen) atoms. The molecule has 4 rings (SSSR count). The number of methoxy groups -OCH3 is 2. The molecule has 2 aromatic rings.